The Kier molecular flexibility index (Phi) is 5.66. The quantitative estimate of drug-likeness (QED) is 0.812. The molecule has 1 aliphatic rings. The van der Waals surface area contributed by atoms with Gasteiger partial charge in [0.25, 0.3) is 5.24 Å². The summed E-state index contributed by atoms with van der Waals surface area (Å²) in [5.74, 6) is 0.817. The van der Waals surface area contributed by atoms with Crippen LogP contribution in [0, 0.1) is 0 Å². The minimum atomic E-state index is -0.343. The number of benzene rings is 2. The first-order valence-electron chi connectivity index (χ1n) is 8.00. The van der Waals surface area contributed by atoms with E-state index in [1.54, 1.807) is 0 Å². The highest BCUT2D eigenvalue weighted by atomic mass is 35.5. The minimum absolute atomic E-state index is 0.216. The van der Waals surface area contributed by atoms with Crippen molar-refractivity contribution in [1.82, 2.24) is 5.32 Å². The molecule has 130 valence electrons. The molecule has 6 heteroatoms. The van der Waals surface area contributed by atoms with Gasteiger partial charge in [-0.05, 0) is 41.8 Å². The molecule has 25 heavy (non-hydrogen) atoms. The zero-order valence-corrected chi connectivity index (χ0v) is 15.3. The number of carbonyl (C=O) groups excluding carboxylic acids is 2. The molecular weight excluding hydrogens is 358 g/mol. The Balaban J connectivity index is 1.53. The van der Waals surface area contributed by atoms with Gasteiger partial charge in [-0.3, -0.25) is 14.9 Å². The first-order chi connectivity index (χ1) is 12.0. The maximum atomic E-state index is 11.6. The lowest BCUT2D eigenvalue weighted by atomic mass is 10.0. The van der Waals surface area contributed by atoms with E-state index in [4.69, 9.17) is 16.3 Å². The highest BCUT2D eigenvalue weighted by Crippen LogP contribution is 2.24. The Morgan fingerprint density at radius 3 is 2.40 bits per heavy atom. The summed E-state index contributed by atoms with van der Waals surface area (Å²) < 4.78 is 5.84. The standard InChI is InChI=1S/C19H18ClNO3S/c1-12(14-4-6-15(20)7-5-14)11-24-16-8-2-13(3-9-16)10-17-18(22)21-19(23)25-17/h2-9,12,17H,10-11H2,1H3,(H,21,22,23)/t12-,17?/m1/s1. The topological polar surface area (TPSA) is 55.4 Å². The summed E-state index contributed by atoms with van der Waals surface area (Å²) in [4.78, 5) is 22.8. The van der Waals surface area contributed by atoms with Crippen LogP contribution in [0.5, 0.6) is 5.75 Å². The molecular formula is C19H18ClNO3S. The van der Waals surface area contributed by atoms with E-state index in [2.05, 4.69) is 12.2 Å². The van der Waals surface area contributed by atoms with E-state index < -0.39 is 0 Å². The second kappa shape index (κ2) is 7.93. The Bertz CT molecular complexity index is 761. The van der Waals surface area contributed by atoms with Crippen molar-refractivity contribution in [3.63, 3.8) is 0 Å². The van der Waals surface area contributed by atoms with Crippen LogP contribution in [0.4, 0.5) is 4.79 Å². The Hall–Kier alpha value is -1.98. The molecule has 1 heterocycles. The molecule has 1 fully saturated rings. The van der Waals surface area contributed by atoms with Crippen LogP contribution in [0.1, 0.15) is 24.0 Å². The summed E-state index contributed by atoms with van der Waals surface area (Å²) in [6, 6.07) is 15.4. The molecule has 0 bridgehead atoms. The number of thioether (sulfide) groups is 1. The highest BCUT2D eigenvalue weighted by molar-refractivity contribution is 8.15. The van der Waals surface area contributed by atoms with E-state index in [1.165, 1.54) is 5.56 Å². The van der Waals surface area contributed by atoms with Crippen LogP contribution in [0.3, 0.4) is 0 Å². The molecule has 0 aliphatic carbocycles. The molecule has 2 atom stereocenters. The molecule has 0 aromatic heterocycles. The normalized spacial score (nSPS) is 18.1. The summed E-state index contributed by atoms with van der Waals surface area (Å²) in [5, 5.41) is 2.41. The van der Waals surface area contributed by atoms with Gasteiger partial charge in [-0.2, -0.15) is 0 Å². The lowest BCUT2D eigenvalue weighted by Gasteiger charge is -2.14. The van der Waals surface area contributed by atoms with Crippen molar-refractivity contribution in [3.05, 3.63) is 64.7 Å². The maximum Gasteiger partial charge on any atom is 0.286 e. The van der Waals surface area contributed by atoms with Crippen LogP contribution in [-0.2, 0) is 11.2 Å². The molecule has 0 radical (unpaired) electrons. The number of amides is 2. The fourth-order valence-electron chi connectivity index (χ4n) is 2.57. The molecule has 2 amide bonds. The average molecular weight is 376 g/mol. The van der Waals surface area contributed by atoms with E-state index in [0.717, 1.165) is 28.1 Å². The van der Waals surface area contributed by atoms with Gasteiger partial charge in [-0.25, -0.2) is 0 Å². The van der Waals surface area contributed by atoms with Crippen molar-refractivity contribution < 1.29 is 14.3 Å². The lowest BCUT2D eigenvalue weighted by Crippen LogP contribution is -2.25. The number of hydrogen-bond acceptors (Lipinski definition) is 4. The zero-order chi connectivity index (χ0) is 17.8. The molecule has 1 unspecified atom stereocenters. The van der Waals surface area contributed by atoms with Crippen molar-refractivity contribution in [2.45, 2.75) is 24.5 Å². The van der Waals surface area contributed by atoms with Crippen molar-refractivity contribution >= 4 is 34.5 Å². The van der Waals surface area contributed by atoms with Crippen LogP contribution in [0.25, 0.3) is 0 Å². The molecule has 3 rings (SSSR count). The lowest BCUT2D eigenvalue weighted by molar-refractivity contribution is -0.118. The molecule has 1 N–H and O–H groups in total. The molecule has 4 nitrogen and oxygen atoms in total. The van der Waals surface area contributed by atoms with E-state index >= 15 is 0 Å². The van der Waals surface area contributed by atoms with Crippen molar-refractivity contribution in [2.24, 2.45) is 0 Å². The van der Waals surface area contributed by atoms with Crippen LogP contribution in [-0.4, -0.2) is 23.0 Å². The van der Waals surface area contributed by atoms with Gasteiger partial charge < -0.3 is 4.74 Å². The second-order valence-corrected chi connectivity index (χ2v) is 7.61. The largest absolute Gasteiger partial charge is 0.493 e. The SMILES string of the molecule is C[C@H](COc1ccc(CC2SC(=O)NC2=O)cc1)c1ccc(Cl)cc1. The Morgan fingerprint density at radius 1 is 1.12 bits per heavy atom. The first-order valence-corrected chi connectivity index (χ1v) is 9.25. The van der Waals surface area contributed by atoms with Crippen molar-refractivity contribution in [2.75, 3.05) is 6.61 Å². The number of hydrogen-bond donors (Lipinski definition) is 1. The van der Waals surface area contributed by atoms with E-state index in [-0.39, 0.29) is 22.3 Å². The Morgan fingerprint density at radius 2 is 1.80 bits per heavy atom. The van der Waals surface area contributed by atoms with E-state index in [1.807, 2.05) is 48.5 Å². The third-order valence-corrected chi connectivity index (χ3v) is 5.28. The van der Waals surface area contributed by atoms with E-state index in [0.29, 0.717) is 13.0 Å². The van der Waals surface area contributed by atoms with Gasteiger partial charge in [0.15, 0.2) is 0 Å². The fraction of sp³-hybridized carbons (Fsp3) is 0.263. The predicted molar refractivity (Wildman–Crippen MR) is 100 cm³/mol. The predicted octanol–water partition coefficient (Wildman–Crippen LogP) is 4.42. The van der Waals surface area contributed by atoms with E-state index in [9.17, 15) is 9.59 Å². The van der Waals surface area contributed by atoms with Gasteiger partial charge in [0.2, 0.25) is 5.91 Å². The maximum absolute atomic E-state index is 11.6. The number of halogens is 1. The molecule has 1 aliphatic heterocycles. The summed E-state index contributed by atoms with van der Waals surface area (Å²) in [6.45, 7) is 2.67. The van der Waals surface area contributed by atoms with Gasteiger partial charge in [-0.1, -0.05) is 54.6 Å². The summed E-state index contributed by atoms with van der Waals surface area (Å²) in [5.41, 5.74) is 2.18. The molecule has 2 aromatic rings. The van der Waals surface area contributed by atoms with Gasteiger partial charge >= 0.3 is 0 Å². The van der Waals surface area contributed by atoms with Crippen molar-refractivity contribution in [3.8, 4) is 5.75 Å². The summed E-state index contributed by atoms with van der Waals surface area (Å²) in [6.07, 6.45) is 0.531. The summed E-state index contributed by atoms with van der Waals surface area (Å²) in [7, 11) is 0. The van der Waals surface area contributed by atoms with Crippen LogP contribution in [0.2, 0.25) is 5.02 Å². The van der Waals surface area contributed by atoms with Crippen LogP contribution >= 0.6 is 23.4 Å². The zero-order valence-electron chi connectivity index (χ0n) is 13.7. The monoisotopic (exact) mass is 375 g/mol. The smallest absolute Gasteiger partial charge is 0.286 e. The number of nitrogens with one attached hydrogen (secondary N) is 1. The number of carbonyl (C=O) groups is 2. The molecule has 0 spiro atoms. The van der Waals surface area contributed by atoms with Gasteiger partial charge in [0.1, 0.15) is 5.75 Å². The van der Waals surface area contributed by atoms with Crippen LogP contribution in [0.15, 0.2) is 48.5 Å². The van der Waals surface area contributed by atoms with Gasteiger partial charge in [-0.15, -0.1) is 0 Å². The molecule has 2 aromatic carbocycles. The average Bonchev–Trinajstić information content (AvgIpc) is 2.92. The van der Waals surface area contributed by atoms with Gasteiger partial charge in [0.05, 0.1) is 11.9 Å². The second-order valence-electron chi connectivity index (χ2n) is 5.99. The number of rotatable bonds is 6. The molecule has 0 saturated carbocycles. The fourth-order valence-corrected chi connectivity index (χ4v) is 3.56. The van der Waals surface area contributed by atoms with Gasteiger partial charge in [0, 0.05) is 10.9 Å². The first kappa shape index (κ1) is 17.8. The minimum Gasteiger partial charge on any atom is -0.493 e. The number of imide groups is 1. The Labute approximate surface area is 155 Å². The van der Waals surface area contributed by atoms with Crippen LogP contribution < -0.4 is 10.1 Å². The number of ether oxygens (including phenoxy) is 1. The third-order valence-electron chi connectivity index (χ3n) is 4.05. The molecule has 1 saturated heterocycles. The summed E-state index contributed by atoms with van der Waals surface area (Å²) >= 11 is 6.95. The highest BCUT2D eigenvalue weighted by Gasteiger charge is 2.31. The third kappa shape index (κ3) is 4.77. The van der Waals surface area contributed by atoms with Crippen molar-refractivity contribution in [1.29, 1.82) is 0 Å².